The minimum absolute atomic E-state index is 0. The molecule has 6 nitrogen and oxygen atoms in total. The number of guanidine groups is 1. The van der Waals surface area contributed by atoms with E-state index in [2.05, 4.69) is 34.3 Å². The summed E-state index contributed by atoms with van der Waals surface area (Å²) in [5.41, 5.74) is 0. The van der Waals surface area contributed by atoms with E-state index in [4.69, 9.17) is 4.99 Å². The lowest BCUT2D eigenvalue weighted by Crippen LogP contribution is -2.45. The van der Waals surface area contributed by atoms with E-state index in [9.17, 15) is 4.79 Å². The average Bonchev–Trinajstić information content (AvgIpc) is 3.22. The fraction of sp³-hybridized carbons (Fsp3) is 0.917. The molecule has 3 fully saturated rings. The first-order valence-electron chi connectivity index (χ1n) is 12.7. The molecule has 2 atom stereocenters. The van der Waals surface area contributed by atoms with Crippen LogP contribution in [0.1, 0.15) is 78.1 Å². The maximum Gasteiger partial charge on any atom is 0.225 e. The zero-order valence-corrected chi connectivity index (χ0v) is 22.2. The third kappa shape index (κ3) is 9.06. The van der Waals surface area contributed by atoms with Gasteiger partial charge in [-0.05, 0) is 70.9 Å². The molecule has 2 N–H and O–H groups in total. The van der Waals surface area contributed by atoms with Crippen molar-refractivity contribution in [3.63, 3.8) is 0 Å². The summed E-state index contributed by atoms with van der Waals surface area (Å²) in [5, 5.41) is 6.97. The van der Waals surface area contributed by atoms with Gasteiger partial charge >= 0.3 is 0 Å². The van der Waals surface area contributed by atoms with Crippen molar-refractivity contribution >= 4 is 35.8 Å². The van der Waals surface area contributed by atoms with Crippen LogP contribution in [0.3, 0.4) is 0 Å². The van der Waals surface area contributed by atoms with Gasteiger partial charge in [0.25, 0.3) is 0 Å². The van der Waals surface area contributed by atoms with E-state index in [0.717, 1.165) is 63.7 Å². The zero-order valence-electron chi connectivity index (χ0n) is 19.9. The van der Waals surface area contributed by atoms with Gasteiger partial charge in [-0.25, -0.2) is 0 Å². The molecule has 31 heavy (non-hydrogen) atoms. The highest BCUT2D eigenvalue weighted by Crippen LogP contribution is 2.26. The number of nitrogens with zero attached hydrogens (tertiary/aromatic N) is 3. The number of hydrogen-bond acceptors (Lipinski definition) is 3. The number of unbranched alkanes of at least 4 members (excludes halogenated alkanes) is 1. The lowest BCUT2D eigenvalue weighted by Gasteiger charge is -2.30. The number of halogens is 1. The molecular formula is C24H46IN5O. The second kappa shape index (κ2) is 14.6. The Balaban J connectivity index is 0.00000341. The van der Waals surface area contributed by atoms with E-state index in [1.165, 1.54) is 58.2 Å². The van der Waals surface area contributed by atoms with Gasteiger partial charge in [0.2, 0.25) is 5.91 Å². The monoisotopic (exact) mass is 547 g/mol. The Morgan fingerprint density at radius 3 is 2.55 bits per heavy atom. The lowest BCUT2D eigenvalue weighted by molar-refractivity contribution is -0.135. The summed E-state index contributed by atoms with van der Waals surface area (Å²) in [6.07, 6.45) is 12.1. The highest BCUT2D eigenvalue weighted by Gasteiger charge is 2.31. The molecule has 1 aliphatic carbocycles. The molecule has 1 amide bonds. The quantitative estimate of drug-likeness (QED) is 0.210. The fourth-order valence-electron chi connectivity index (χ4n) is 5.33. The molecule has 0 aromatic carbocycles. The van der Waals surface area contributed by atoms with Gasteiger partial charge in [-0.3, -0.25) is 9.79 Å². The molecule has 0 radical (unpaired) electrons. The molecule has 2 saturated heterocycles. The van der Waals surface area contributed by atoms with Crippen molar-refractivity contribution < 1.29 is 4.79 Å². The third-order valence-corrected chi connectivity index (χ3v) is 7.03. The normalized spacial score (nSPS) is 25.9. The van der Waals surface area contributed by atoms with Crippen LogP contribution in [0.15, 0.2) is 4.99 Å². The molecule has 0 spiro atoms. The van der Waals surface area contributed by atoms with Crippen molar-refractivity contribution in [2.75, 3.05) is 45.8 Å². The van der Waals surface area contributed by atoms with E-state index in [1.807, 2.05) is 0 Å². The first-order valence-corrected chi connectivity index (χ1v) is 12.7. The predicted molar refractivity (Wildman–Crippen MR) is 140 cm³/mol. The zero-order chi connectivity index (χ0) is 21.2. The molecule has 0 aromatic heterocycles. The smallest absolute Gasteiger partial charge is 0.225 e. The molecule has 180 valence electrons. The molecule has 2 unspecified atom stereocenters. The Hall–Kier alpha value is -0.570. The van der Waals surface area contributed by atoms with Crippen LogP contribution in [0.2, 0.25) is 0 Å². The van der Waals surface area contributed by atoms with Gasteiger partial charge in [-0.1, -0.05) is 26.2 Å². The van der Waals surface area contributed by atoms with Crippen LogP contribution in [-0.2, 0) is 4.79 Å². The molecule has 2 heterocycles. The molecule has 3 aliphatic rings. The van der Waals surface area contributed by atoms with Crippen LogP contribution in [-0.4, -0.2) is 73.5 Å². The molecule has 7 heteroatoms. The number of amides is 1. The van der Waals surface area contributed by atoms with Crippen molar-refractivity contribution in [2.24, 2.45) is 16.8 Å². The van der Waals surface area contributed by atoms with Gasteiger partial charge in [0, 0.05) is 44.7 Å². The van der Waals surface area contributed by atoms with Crippen molar-refractivity contribution in [2.45, 2.75) is 84.1 Å². The maximum atomic E-state index is 12.8. The summed E-state index contributed by atoms with van der Waals surface area (Å²) >= 11 is 0. The van der Waals surface area contributed by atoms with Crippen molar-refractivity contribution in [3.05, 3.63) is 0 Å². The Morgan fingerprint density at radius 2 is 1.81 bits per heavy atom. The first kappa shape index (κ1) is 26.7. The minimum atomic E-state index is 0. The van der Waals surface area contributed by atoms with Gasteiger partial charge < -0.3 is 20.4 Å². The Bertz CT molecular complexity index is 552. The average molecular weight is 548 g/mol. The van der Waals surface area contributed by atoms with E-state index >= 15 is 0 Å². The van der Waals surface area contributed by atoms with E-state index < -0.39 is 0 Å². The molecule has 1 saturated carbocycles. The number of carbonyl (C=O) groups excluding carboxylic acids is 1. The first-order chi connectivity index (χ1) is 14.7. The van der Waals surface area contributed by atoms with Gasteiger partial charge in [0.1, 0.15) is 0 Å². The number of carbonyl (C=O) groups is 1. The molecule has 3 rings (SSSR count). The Kier molecular flexibility index (Phi) is 12.5. The molecule has 2 aliphatic heterocycles. The minimum Gasteiger partial charge on any atom is -0.357 e. The van der Waals surface area contributed by atoms with Crippen LogP contribution in [0.25, 0.3) is 0 Å². The lowest BCUT2D eigenvalue weighted by atomic mass is 9.88. The van der Waals surface area contributed by atoms with Gasteiger partial charge in [0.15, 0.2) is 5.96 Å². The molecule has 0 bridgehead atoms. The largest absolute Gasteiger partial charge is 0.357 e. The van der Waals surface area contributed by atoms with Gasteiger partial charge in [0.05, 0.1) is 0 Å². The van der Waals surface area contributed by atoms with Crippen LogP contribution in [0.5, 0.6) is 0 Å². The molecule has 0 aromatic rings. The maximum absolute atomic E-state index is 12.8. The highest BCUT2D eigenvalue weighted by molar-refractivity contribution is 14.0. The van der Waals surface area contributed by atoms with Gasteiger partial charge in [-0.15, -0.1) is 24.0 Å². The van der Waals surface area contributed by atoms with Gasteiger partial charge in [-0.2, -0.15) is 0 Å². The summed E-state index contributed by atoms with van der Waals surface area (Å²) in [5.74, 6) is 2.45. The van der Waals surface area contributed by atoms with E-state index in [0.29, 0.717) is 11.9 Å². The number of hydrogen-bond donors (Lipinski definition) is 2. The van der Waals surface area contributed by atoms with E-state index in [1.54, 1.807) is 0 Å². The number of piperidine rings is 1. The third-order valence-electron chi connectivity index (χ3n) is 7.03. The Labute approximate surface area is 207 Å². The second-order valence-corrected chi connectivity index (χ2v) is 9.76. The topological polar surface area (TPSA) is 60.0 Å². The van der Waals surface area contributed by atoms with Crippen molar-refractivity contribution in [1.29, 1.82) is 0 Å². The van der Waals surface area contributed by atoms with Crippen molar-refractivity contribution in [1.82, 2.24) is 20.4 Å². The summed E-state index contributed by atoms with van der Waals surface area (Å²) in [7, 11) is 0. The number of rotatable bonds is 8. The standard InChI is InChI=1S/C24H45N5O.HI/c1-3-25-24(26-14-7-8-15-28-16-9-10-20(2)18-28)27-22-13-17-29(19-22)23(30)21-11-5-4-6-12-21;/h20-22H,3-19H2,1-2H3,(H2,25,26,27);1H. The number of likely N-dealkylation sites (tertiary alicyclic amines) is 2. The summed E-state index contributed by atoms with van der Waals surface area (Å²) in [4.78, 5) is 22.3. The highest BCUT2D eigenvalue weighted by atomic mass is 127. The summed E-state index contributed by atoms with van der Waals surface area (Å²) < 4.78 is 0. The SMILES string of the molecule is CCNC(=NCCCCN1CCCC(C)C1)NC1CCN(C(=O)C2CCCCC2)C1.I. The van der Waals surface area contributed by atoms with Crippen LogP contribution in [0.4, 0.5) is 0 Å². The van der Waals surface area contributed by atoms with Crippen LogP contribution in [0, 0.1) is 11.8 Å². The predicted octanol–water partition coefficient (Wildman–Crippen LogP) is 3.85. The fourth-order valence-corrected chi connectivity index (χ4v) is 5.33. The molecular weight excluding hydrogens is 501 g/mol. The second-order valence-electron chi connectivity index (χ2n) is 9.76. The van der Waals surface area contributed by atoms with Crippen LogP contribution >= 0.6 is 24.0 Å². The van der Waals surface area contributed by atoms with E-state index in [-0.39, 0.29) is 29.9 Å². The summed E-state index contributed by atoms with van der Waals surface area (Å²) in [6, 6.07) is 0.324. The van der Waals surface area contributed by atoms with Crippen molar-refractivity contribution in [3.8, 4) is 0 Å². The summed E-state index contributed by atoms with van der Waals surface area (Å²) in [6.45, 7) is 11.7. The Morgan fingerprint density at radius 1 is 1.00 bits per heavy atom. The van der Waals surface area contributed by atoms with Crippen LogP contribution < -0.4 is 10.6 Å². The number of aliphatic imine (C=N–C) groups is 1. The number of nitrogens with one attached hydrogen (secondary N) is 2.